The van der Waals surface area contributed by atoms with E-state index >= 15 is 0 Å². The molecule has 0 atom stereocenters. The molecule has 0 saturated heterocycles. The van der Waals surface area contributed by atoms with Crippen molar-refractivity contribution in [3.05, 3.63) is 39.7 Å². The molecule has 98 valence electrons. The zero-order chi connectivity index (χ0) is 13.3. The summed E-state index contributed by atoms with van der Waals surface area (Å²) in [6, 6.07) is 4.04. The van der Waals surface area contributed by atoms with Crippen molar-refractivity contribution >= 4 is 5.69 Å². The lowest BCUT2D eigenvalue weighted by atomic mass is 9.98. The molecule has 1 aromatic rings. The van der Waals surface area contributed by atoms with Gasteiger partial charge in [0.15, 0.2) is 0 Å². The van der Waals surface area contributed by atoms with E-state index in [0.29, 0.717) is 12.5 Å². The summed E-state index contributed by atoms with van der Waals surface area (Å²) in [6.07, 6.45) is 2.46. The van der Waals surface area contributed by atoms with E-state index in [9.17, 15) is 14.5 Å². The first-order valence-corrected chi connectivity index (χ1v) is 6.08. The van der Waals surface area contributed by atoms with Gasteiger partial charge < -0.3 is 5.32 Å². The van der Waals surface area contributed by atoms with Crippen molar-refractivity contribution in [2.45, 2.75) is 38.8 Å². The molecule has 1 aromatic carbocycles. The Morgan fingerprint density at radius 3 is 2.67 bits per heavy atom. The Bertz CT molecular complexity index is 470. The highest BCUT2D eigenvalue weighted by Crippen LogP contribution is 2.39. The zero-order valence-corrected chi connectivity index (χ0v) is 10.6. The summed E-state index contributed by atoms with van der Waals surface area (Å²) in [7, 11) is 0. The molecule has 4 nitrogen and oxygen atoms in total. The molecule has 1 saturated carbocycles. The highest BCUT2D eigenvalue weighted by Gasteiger charge is 2.37. The average Bonchev–Trinajstić information content (AvgIpc) is 3.10. The summed E-state index contributed by atoms with van der Waals surface area (Å²) >= 11 is 0. The molecule has 0 aromatic heterocycles. The lowest BCUT2D eigenvalue weighted by Crippen LogP contribution is -2.40. The molecule has 1 aliphatic carbocycles. The molecule has 0 radical (unpaired) electrons. The summed E-state index contributed by atoms with van der Waals surface area (Å²) in [5.41, 5.74) is 0.296. The van der Waals surface area contributed by atoms with E-state index in [1.807, 2.05) is 0 Å². The van der Waals surface area contributed by atoms with Gasteiger partial charge in [0.05, 0.1) is 4.92 Å². The van der Waals surface area contributed by atoms with Crippen LogP contribution in [0.3, 0.4) is 0 Å². The fraction of sp³-hybridized carbons (Fsp3) is 0.538. The number of halogens is 1. The smallest absolute Gasteiger partial charge is 0.304 e. The number of nitro groups is 1. The van der Waals surface area contributed by atoms with Crippen LogP contribution in [0.25, 0.3) is 0 Å². The molecule has 0 amide bonds. The van der Waals surface area contributed by atoms with Crippen LogP contribution in [0, 0.1) is 21.8 Å². The molecule has 1 N–H and O–H groups in total. The predicted molar refractivity (Wildman–Crippen MR) is 66.7 cm³/mol. The second kappa shape index (κ2) is 4.65. The first-order valence-electron chi connectivity index (χ1n) is 6.08. The quantitative estimate of drug-likeness (QED) is 0.647. The molecular formula is C13H17FN2O2. The van der Waals surface area contributed by atoms with Crippen LogP contribution < -0.4 is 5.32 Å². The second-order valence-electron chi connectivity index (χ2n) is 5.39. The van der Waals surface area contributed by atoms with Crippen LogP contribution in [-0.2, 0) is 6.54 Å². The average molecular weight is 252 g/mol. The minimum absolute atomic E-state index is 0.0399. The van der Waals surface area contributed by atoms with Gasteiger partial charge in [-0.25, -0.2) is 0 Å². The number of hydrogen-bond donors (Lipinski definition) is 1. The first kappa shape index (κ1) is 13.0. The van der Waals surface area contributed by atoms with Crippen LogP contribution in [0.2, 0.25) is 0 Å². The fourth-order valence-electron chi connectivity index (χ4n) is 2.09. The minimum atomic E-state index is -0.775. The Morgan fingerprint density at radius 2 is 2.17 bits per heavy atom. The number of nitrogens with zero attached hydrogens (tertiary/aromatic N) is 1. The van der Waals surface area contributed by atoms with Crippen LogP contribution in [0.15, 0.2) is 18.2 Å². The molecular weight excluding hydrogens is 235 g/mol. The Balaban J connectivity index is 2.02. The Kier molecular flexibility index (Phi) is 3.34. The zero-order valence-electron chi connectivity index (χ0n) is 10.6. The molecule has 0 spiro atoms. The van der Waals surface area contributed by atoms with Gasteiger partial charge in [-0.05, 0) is 44.2 Å². The maximum absolute atomic E-state index is 13.4. The van der Waals surface area contributed by atoms with Crippen molar-refractivity contribution in [2.24, 2.45) is 5.92 Å². The Labute approximate surface area is 105 Å². The van der Waals surface area contributed by atoms with Crippen molar-refractivity contribution in [2.75, 3.05) is 0 Å². The summed E-state index contributed by atoms with van der Waals surface area (Å²) in [5.74, 6) is -0.0936. The highest BCUT2D eigenvalue weighted by molar-refractivity contribution is 5.35. The Morgan fingerprint density at radius 1 is 1.50 bits per heavy atom. The Hall–Kier alpha value is -1.49. The lowest BCUT2D eigenvalue weighted by molar-refractivity contribution is -0.387. The number of rotatable bonds is 5. The third kappa shape index (κ3) is 2.85. The fourth-order valence-corrected chi connectivity index (χ4v) is 2.09. The normalized spacial score (nSPS) is 15.7. The van der Waals surface area contributed by atoms with Crippen LogP contribution in [-0.4, -0.2) is 10.5 Å². The van der Waals surface area contributed by atoms with Crippen molar-refractivity contribution in [3.63, 3.8) is 0 Å². The SMILES string of the molecule is CC(C)(NCc1ccc([N+](=O)[O-])c(F)c1)C1CC1. The van der Waals surface area contributed by atoms with Gasteiger partial charge >= 0.3 is 5.69 Å². The number of hydrogen-bond acceptors (Lipinski definition) is 3. The van der Waals surface area contributed by atoms with Gasteiger partial charge in [-0.1, -0.05) is 6.07 Å². The third-order valence-electron chi connectivity index (χ3n) is 3.55. The van der Waals surface area contributed by atoms with E-state index in [1.54, 1.807) is 6.07 Å². The molecule has 0 heterocycles. The molecule has 1 aliphatic rings. The van der Waals surface area contributed by atoms with Gasteiger partial charge in [0.2, 0.25) is 5.82 Å². The molecule has 1 fully saturated rings. The summed E-state index contributed by atoms with van der Waals surface area (Å²) in [6.45, 7) is 4.79. The molecule has 2 rings (SSSR count). The van der Waals surface area contributed by atoms with E-state index in [2.05, 4.69) is 19.2 Å². The van der Waals surface area contributed by atoms with Crippen LogP contribution in [0.5, 0.6) is 0 Å². The standard InChI is InChI=1S/C13H17FN2O2/c1-13(2,10-4-5-10)15-8-9-3-6-12(16(17)18)11(14)7-9/h3,6-7,10,15H,4-5,8H2,1-2H3. The van der Waals surface area contributed by atoms with E-state index in [-0.39, 0.29) is 5.54 Å². The van der Waals surface area contributed by atoms with Gasteiger partial charge in [-0.3, -0.25) is 10.1 Å². The van der Waals surface area contributed by atoms with E-state index in [1.165, 1.54) is 25.0 Å². The predicted octanol–water partition coefficient (Wildman–Crippen LogP) is 3.01. The monoisotopic (exact) mass is 252 g/mol. The molecule has 18 heavy (non-hydrogen) atoms. The molecule has 0 aliphatic heterocycles. The minimum Gasteiger partial charge on any atom is -0.307 e. The number of benzene rings is 1. The summed E-state index contributed by atoms with van der Waals surface area (Å²) in [4.78, 5) is 9.79. The summed E-state index contributed by atoms with van der Waals surface area (Å²) in [5, 5.41) is 13.9. The first-order chi connectivity index (χ1) is 8.40. The maximum atomic E-state index is 13.4. The van der Waals surface area contributed by atoms with Crippen molar-refractivity contribution in [3.8, 4) is 0 Å². The molecule has 0 unspecified atom stereocenters. The van der Waals surface area contributed by atoms with Crippen LogP contribution >= 0.6 is 0 Å². The van der Waals surface area contributed by atoms with Crippen molar-refractivity contribution in [1.29, 1.82) is 0 Å². The van der Waals surface area contributed by atoms with Crippen molar-refractivity contribution in [1.82, 2.24) is 5.32 Å². The molecule has 0 bridgehead atoms. The lowest BCUT2D eigenvalue weighted by Gasteiger charge is -2.26. The summed E-state index contributed by atoms with van der Waals surface area (Å²) < 4.78 is 13.4. The third-order valence-corrected chi connectivity index (χ3v) is 3.55. The largest absolute Gasteiger partial charge is 0.307 e. The van der Waals surface area contributed by atoms with E-state index in [0.717, 1.165) is 5.56 Å². The van der Waals surface area contributed by atoms with Crippen LogP contribution in [0.1, 0.15) is 32.3 Å². The van der Waals surface area contributed by atoms with Crippen LogP contribution in [0.4, 0.5) is 10.1 Å². The van der Waals surface area contributed by atoms with E-state index in [4.69, 9.17) is 0 Å². The van der Waals surface area contributed by atoms with Gasteiger partial charge in [0.1, 0.15) is 0 Å². The number of nitrogens with one attached hydrogen (secondary N) is 1. The van der Waals surface area contributed by atoms with Gasteiger partial charge in [-0.15, -0.1) is 0 Å². The second-order valence-corrected chi connectivity index (χ2v) is 5.39. The van der Waals surface area contributed by atoms with Gasteiger partial charge in [-0.2, -0.15) is 4.39 Å². The highest BCUT2D eigenvalue weighted by atomic mass is 19.1. The van der Waals surface area contributed by atoms with Gasteiger partial charge in [0, 0.05) is 18.2 Å². The number of nitro benzene ring substituents is 1. The topological polar surface area (TPSA) is 55.2 Å². The van der Waals surface area contributed by atoms with Crippen molar-refractivity contribution < 1.29 is 9.31 Å². The van der Waals surface area contributed by atoms with E-state index < -0.39 is 16.4 Å². The van der Waals surface area contributed by atoms with Gasteiger partial charge in [0.25, 0.3) is 0 Å². The molecule has 5 heteroatoms. The maximum Gasteiger partial charge on any atom is 0.304 e.